The molecule has 110 valence electrons. The van der Waals surface area contributed by atoms with Crippen molar-refractivity contribution in [1.82, 2.24) is 9.88 Å². The summed E-state index contributed by atoms with van der Waals surface area (Å²) in [7, 11) is 0. The van der Waals surface area contributed by atoms with Crippen LogP contribution in [0.3, 0.4) is 0 Å². The Morgan fingerprint density at radius 2 is 2.05 bits per heavy atom. The van der Waals surface area contributed by atoms with Gasteiger partial charge in [-0.25, -0.2) is 4.98 Å². The number of carboxylic acid groups (broad SMARTS) is 1. The lowest BCUT2D eigenvalue weighted by Crippen LogP contribution is -2.46. The zero-order chi connectivity index (χ0) is 14.1. The van der Waals surface area contributed by atoms with Crippen molar-refractivity contribution in [3.63, 3.8) is 0 Å². The molecule has 5 nitrogen and oxygen atoms in total. The van der Waals surface area contributed by atoms with E-state index in [0.29, 0.717) is 5.92 Å². The molecule has 0 aromatic carbocycles. The highest BCUT2D eigenvalue weighted by molar-refractivity contribution is 7.15. The Hall–Kier alpha value is -1.14. The summed E-state index contributed by atoms with van der Waals surface area (Å²) < 4.78 is 0. The monoisotopic (exact) mass is 295 g/mol. The van der Waals surface area contributed by atoms with E-state index in [0.717, 1.165) is 48.4 Å². The second-order valence-electron chi connectivity index (χ2n) is 5.57. The summed E-state index contributed by atoms with van der Waals surface area (Å²) in [6.45, 7) is 7.43. The van der Waals surface area contributed by atoms with Crippen molar-refractivity contribution in [1.29, 1.82) is 0 Å². The van der Waals surface area contributed by atoms with Crippen LogP contribution in [-0.2, 0) is 11.2 Å². The van der Waals surface area contributed by atoms with Gasteiger partial charge in [0.2, 0.25) is 0 Å². The van der Waals surface area contributed by atoms with Crippen LogP contribution in [0.4, 0.5) is 5.13 Å². The standard InChI is InChI=1S/C14H21N3O2S/c1-2-16-5-7-17(8-6-16)14-15-13(10-3-4-10)11(20-14)9-12(18)19/h10H,2-9H2,1H3,(H,18,19). The lowest BCUT2D eigenvalue weighted by Gasteiger charge is -2.33. The van der Waals surface area contributed by atoms with Gasteiger partial charge in [-0.2, -0.15) is 0 Å². The number of hydrogen-bond donors (Lipinski definition) is 1. The Bertz CT molecular complexity index is 491. The average Bonchev–Trinajstić information content (AvgIpc) is 3.20. The number of hydrogen-bond acceptors (Lipinski definition) is 5. The van der Waals surface area contributed by atoms with Crippen LogP contribution in [0.1, 0.15) is 36.3 Å². The van der Waals surface area contributed by atoms with Crippen LogP contribution in [0.15, 0.2) is 0 Å². The van der Waals surface area contributed by atoms with E-state index in [1.165, 1.54) is 12.8 Å². The van der Waals surface area contributed by atoms with Crippen LogP contribution in [0.25, 0.3) is 0 Å². The molecule has 1 N–H and O–H groups in total. The van der Waals surface area contributed by atoms with Crippen LogP contribution in [-0.4, -0.2) is 53.7 Å². The summed E-state index contributed by atoms with van der Waals surface area (Å²) >= 11 is 1.59. The molecule has 0 bridgehead atoms. The third kappa shape index (κ3) is 2.96. The first-order valence-corrected chi connectivity index (χ1v) is 8.17. The summed E-state index contributed by atoms with van der Waals surface area (Å²) in [4.78, 5) is 21.5. The molecule has 1 saturated carbocycles. The van der Waals surface area contributed by atoms with E-state index < -0.39 is 5.97 Å². The maximum absolute atomic E-state index is 11.0. The molecule has 6 heteroatoms. The first-order valence-electron chi connectivity index (χ1n) is 7.36. The molecule has 0 atom stereocenters. The minimum absolute atomic E-state index is 0.123. The number of piperazine rings is 1. The minimum atomic E-state index is -0.752. The van der Waals surface area contributed by atoms with Gasteiger partial charge in [-0.3, -0.25) is 4.79 Å². The fourth-order valence-electron chi connectivity index (χ4n) is 2.68. The predicted octanol–water partition coefficient (Wildman–Crippen LogP) is 1.79. The molecule has 0 radical (unpaired) electrons. The highest BCUT2D eigenvalue weighted by Crippen LogP contribution is 2.44. The molecule has 0 spiro atoms. The molecule has 1 aliphatic carbocycles. The smallest absolute Gasteiger partial charge is 0.308 e. The number of thiazole rings is 1. The van der Waals surface area contributed by atoms with E-state index in [9.17, 15) is 4.79 Å². The molecule has 1 saturated heterocycles. The highest BCUT2D eigenvalue weighted by atomic mass is 32.1. The highest BCUT2D eigenvalue weighted by Gasteiger charge is 2.31. The number of carbonyl (C=O) groups is 1. The van der Waals surface area contributed by atoms with E-state index in [-0.39, 0.29) is 6.42 Å². The SMILES string of the molecule is CCN1CCN(c2nc(C3CC3)c(CC(=O)O)s2)CC1. The van der Waals surface area contributed by atoms with Crippen molar-refractivity contribution in [2.45, 2.75) is 32.1 Å². The Morgan fingerprint density at radius 1 is 1.35 bits per heavy atom. The maximum Gasteiger partial charge on any atom is 0.308 e. The summed E-state index contributed by atoms with van der Waals surface area (Å²) in [6, 6.07) is 0. The van der Waals surface area contributed by atoms with Gasteiger partial charge in [-0.1, -0.05) is 6.92 Å². The molecule has 1 aromatic rings. The lowest BCUT2D eigenvalue weighted by atomic mass is 10.2. The lowest BCUT2D eigenvalue weighted by molar-refractivity contribution is -0.136. The second-order valence-corrected chi connectivity index (χ2v) is 6.63. The van der Waals surface area contributed by atoms with Crippen LogP contribution >= 0.6 is 11.3 Å². The molecule has 3 rings (SSSR count). The number of likely N-dealkylation sites (N-methyl/N-ethyl adjacent to an activating group) is 1. The number of aliphatic carboxylic acids is 1. The number of rotatable bonds is 5. The number of anilines is 1. The fourth-order valence-corrected chi connectivity index (χ4v) is 3.87. The third-order valence-corrected chi connectivity index (χ3v) is 5.21. The Labute approximate surface area is 123 Å². The predicted molar refractivity (Wildman–Crippen MR) is 79.8 cm³/mol. The van der Waals surface area contributed by atoms with Crippen molar-refractivity contribution in [3.8, 4) is 0 Å². The van der Waals surface area contributed by atoms with Crippen LogP contribution in [0.2, 0.25) is 0 Å². The number of nitrogens with zero attached hydrogens (tertiary/aromatic N) is 3. The second kappa shape index (κ2) is 5.69. The Balaban J connectivity index is 1.75. The van der Waals surface area contributed by atoms with Crippen LogP contribution in [0, 0.1) is 0 Å². The Kier molecular flexibility index (Phi) is 3.94. The zero-order valence-electron chi connectivity index (χ0n) is 11.8. The molecule has 1 aliphatic heterocycles. The first kappa shape index (κ1) is 13.8. The fraction of sp³-hybridized carbons (Fsp3) is 0.714. The summed E-state index contributed by atoms with van der Waals surface area (Å²) in [5.41, 5.74) is 1.06. The van der Waals surface area contributed by atoms with E-state index in [1.807, 2.05) is 0 Å². The first-order chi connectivity index (χ1) is 9.67. The van der Waals surface area contributed by atoms with Crippen LogP contribution in [0.5, 0.6) is 0 Å². The largest absolute Gasteiger partial charge is 0.481 e. The van der Waals surface area contributed by atoms with E-state index in [4.69, 9.17) is 10.1 Å². The number of carboxylic acids is 1. The van der Waals surface area contributed by atoms with Gasteiger partial charge in [0.1, 0.15) is 0 Å². The summed E-state index contributed by atoms with van der Waals surface area (Å²) in [5, 5.41) is 10.1. The van der Waals surface area contributed by atoms with Crippen molar-refractivity contribution >= 4 is 22.4 Å². The molecule has 2 aliphatic rings. The van der Waals surface area contributed by atoms with Gasteiger partial charge in [-0.05, 0) is 19.4 Å². The molecular weight excluding hydrogens is 274 g/mol. The van der Waals surface area contributed by atoms with Crippen molar-refractivity contribution in [2.75, 3.05) is 37.6 Å². The third-order valence-electron chi connectivity index (χ3n) is 4.08. The topological polar surface area (TPSA) is 56.7 Å². The molecule has 1 aromatic heterocycles. The van der Waals surface area contributed by atoms with E-state index in [2.05, 4.69) is 16.7 Å². The van der Waals surface area contributed by atoms with Crippen molar-refractivity contribution in [3.05, 3.63) is 10.6 Å². The zero-order valence-corrected chi connectivity index (χ0v) is 12.7. The summed E-state index contributed by atoms with van der Waals surface area (Å²) in [5.74, 6) is -0.232. The van der Waals surface area contributed by atoms with Crippen molar-refractivity contribution < 1.29 is 9.90 Å². The molecule has 0 amide bonds. The molecule has 0 unspecified atom stereocenters. The normalized spacial score (nSPS) is 20.4. The quantitative estimate of drug-likeness (QED) is 0.897. The van der Waals surface area contributed by atoms with E-state index in [1.54, 1.807) is 11.3 Å². The maximum atomic E-state index is 11.0. The molecule has 2 fully saturated rings. The molecule has 2 heterocycles. The van der Waals surface area contributed by atoms with Gasteiger partial charge in [0, 0.05) is 37.0 Å². The van der Waals surface area contributed by atoms with E-state index >= 15 is 0 Å². The van der Waals surface area contributed by atoms with Gasteiger partial charge in [0.15, 0.2) is 5.13 Å². The van der Waals surface area contributed by atoms with Gasteiger partial charge in [-0.15, -0.1) is 11.3 Å². The molecule has 20 heavy (non-hydrogen) atoms. The van der Waals surface area contributed by atoms with Gasteiger partial charge >= 0.3 is 5.97 Å². The Morgan fingerprint density at radius 3 is 2.60 bits per heavy atom. The number of aromatic nitrogens is 1. The average molecular weight is 295 g/mol. The summed E-state index contributed by atoms with van der Waals surface area (Å²) in [6.07, 6.45) is 2.46. The van der Waals surface area contributed by atoms with Gasteiger partial charge in [0.25, 0.3) is 0 Å². The minimum Gasteiger partial charge on any atom is -0.481 e. The van der Waals surface area contributed by atoms with Gasteiger partial charge < -0.3 is 14.9 Å². The van der Waals surface area contributed by atoms with Crippen LogP contribution < -0.4 is 4.90 Å². The van der Waals surface area contributed by atoms with Gasteiger partial charge in [0.05, 0.1) is 12.1 Å². The molecular formula is C14H21N3O2S. The van der Waals surface area contributed by atoms with Crippen molar-refractivity contribution in [2.24, 2.45) is 0 Å².